The molecule has 1 saturated carbocycles. The average Bonchev–Trinajstić information content (AvgIpc) is 2.76. The Hall–Kier alpha value is -0.530. The molecule has 1 aliphatic carbocycles. The van der Waals surface area contributed by atoms with E-state index in [0.29, 0.717) is 28.8 Å². The second-order valence-electron chi connectivity index (χ2n) is 4.77. The smallest absolute Gasteiger partial charge is 0.137 e. The van der Waals surface area contributed by atoms with E-state index in [1.165, 1.54) is 25.7 Å². The van der Waals surface area contributed by atoms with Crippen molar-refractivity contribution in [2.75, 3.05) is 0 Å². The fourth-order valence-corrected chi connectivity index (χ4v) is 3.04. The highest BCUT2D eigenvalue weighted by Gasteiger charge is 2.19. The van der Waals surface area contributed by atoms with Gasteiger partial charge in [0.25, 0.3) is 0 Å². The van der Waals surface area contributed by atoms with Crippen molar-refractivity contribution in [1.82, 2.24) is 0 Å². The highest BCUT2D eigenvalue weighted by atomic mass is 35.5. The lowest BCUT2D eigenvalue weighted by molar-refractivity contribution is -0.119. The van der Waals surface area contributed by atoms with Crippen LogP contribution < -0.4 is 0 Å². The Morgan fingerprint density at radius 2 is 1.76 bits per heavy atom. The highest BCUT2D eigenvalue weighted by molar-refractivity contribution is 6.36. The zero-order chi connectivity index (χ0) is 12.3. The summed E-state index contributed by atoms with van der Waals surface area (Å²) >= 11 is 12.1. The number of Topliss-reactive ketones (excluding diaryl/α,β-unsaturated/α-hetero) is 1. The summed E-state index contributed by atoms with van der Waals surface area (Å²) < 4.78 is 0. The summed E-state index contributed by atoms with van der Waals surface area (Å²) in [5.41, 5.74) is 0.777. The first-order valence-electron chi connectivity index (χ1n) is 6.11. The van der Waals surface area contributed by atoms with E-state index in [1.807, 2.05) is 0 Å². The Labute approximate surface area is 112 Å². The molecule has 0 bridgehead atoms. The summed E-state index contributed by atoms with van der Waals surface area (Å²) in [6.07, 6.45) is 5.98. The molecule has 92 valence electrons. The molecule has 0 radical (unpaired) electrons. The molecule has 0 saturated heterocycles. The van der Waals surface area contributed by atoms with Gasteiger partial charge in [-0.25, -0.2) is 0 Å². The zero-order valence-electron chi connectivity index (χ0n) is 9.72. The Bertz CT molecular complexity index is 388. The SMILES string of the molecule is O=C(Cc1c(Cl)cccc1Cl)CC1CCCC1. The van der Waals surface area contributed by atoms with Gasteiger partial charge in [-0.2, -0.15) is 0 Å². The van der Waals surface area contributed by atoms with E-state index in [4.69, 9.17) is 23.2 Å². The van der Waals surface area contributed by atoms with Crippen LogP contribution in [0.25, 0.3) is 0 Å². The number of halogens is 2. The molecule has 0 spiro atoms. The molecule has 3 heteroatoms. The van der Waals surface area contributed by atoms with Gasteiger partial charge in [0, 0.05) is 22.9 Å². The van der Waals surface area contributed by atoms with Crippen molar-refractivity contribution in [1.29, 1.82) is 0 Å². The summed E-state index contributed by atoms with van der Waals surface area (Å²) in [5, 5.41) is 1.19. The second-order valence-corrected chi connectivity index (χ2v) is 5.58. The van der Waals surface area contributed by atoms with Crippen molar-refractivity contribution in [3.05, 3.63) is 33.8 Å². The van der Waals surface area contributed by atoms with E-state index < -0.39 is 0 Å². The lowest BCUT2D eigenvalue weighted by atomic mass is 9.97. The molecule has 1 aromatic rings. The lowest BCUT2D eigenvalue weighted by Gasteiger charge is -2.09. The Balaban J connectivity index is 1.97. The summed E-state index contributed by atoms with van der Waals surface area (Å²) in [6, 6.07) is 5.37. The van der Waals surface area contributed by atoms with Crippen LogP contribution in [0.4, 0.5) is 0 Å². The van der Waals surface area contributed by atoms with E-state index in [2.05, 4.69) is 0 Å². The van der Waals surface area contributed by atoms with Gasteiger partial charge in [0.1, 0.15) is 5.78 Å². The summed E-state index contributed by atoms with van der Waals surface area (Å²) in [4.78, 5) is 12.0. The molecule has 0 N–H and O–H groups in total. The molecule has 0 aromatic heterocycles. The van der Waals surface area contributed by atoms with Crippen LogP contribution in [0.3, 0.4) is 0 Å². The van der Waals surface area contributed by atoms with E-state index in [9.17, 15) is 4.79 Å². The molecule has 0 heterocycles. The first-order valence-corrected chi connectivity index (χ1v) is 6.87. The van der Waals surface area contributed by atoms with E-state index in [1.54, 1.807) is 18.2 Å². The van der Waals surface area contributed by atoms with Crippen molar-refractivity contribution in [3.8, 4) is 0 Å². The normalized spacial score (nSPS) is 16.4. The monoisotopic (exact) mass is 270 g/mol. The molecule has 0 aliphatic heterocycles. The molecule has 0 unspecified atom stereocenters. The predicted octanol–water partition coefficient (Wildman–Crippen LogP) is 4.69. The maximum Gasteiger partial charge on any atom is 0.137 e. The number of benzene rings is 1. The first-order chi connectivity index (χ1) is 8.16. The van der Waals surface area contributed by atoms with Crippen molar-refractivity contribution >= 4 is 29.0 Å². The Morgan fingerprint density at radius 3 is 2.35 bits per heavy atom. The van der Waals surface area contributed by atoms with E-state index in [-0.39, 0.29) is 5.78 Å². The fourth-order valence-electron chi connectivity index (χ4n) is 2.51. The summed E-state index contributed by atoms with van der Waals surface area (Å²) in [6.45, 7) is 0. The van der Waals surface area contributed by atoms with Crippen LogP contribution in [0.1, 0.15) is 37.7 Å². The van der Waals surface area contributed by atoms with Gasteiger partial charge < -0.3 is 0 Å². The number of rotatable bonds is 4. The standard InChI is InChI=1S/C14H16Cl2O/c15-13-6-3-7-14(16)12(13)9-11(17)8-10-4-1-2-5-10/h3,6-7,10H,1-2,4-5,8-9H2. The van der Waals surface area contributed by atoms with Crippen LogP contribution in [0.15, 0.2) is 18.2 Å². The minimum Gasteiger partial charge on any atom is -0.299 e. The highest BCUT2D eigenvalue weighted by Crippen LogP contribution is 2.30. The number of carbonyl (C=O) groups is 1. The molecule has 17 heavy (non-hydrogen) atoms. The van der Waals surface area contributed by atoms with Gasteiger partial charge >= 0.3 is 0 Å². The molecule has 1 fully saturated rings. The van der Waals surface area contributed by atoms with Gasteiger partial charge in [-0.1, -0.05) is 55.0 Å². The summed E-state index contributed by atoms with van der Waals surface area (Å²) in [5.74, 6) is 0.843. The lowest BCUT2D eigenvalue weighted by Crippen LogP contribution is -2.09. The van der Waals surface area contributed by atoms with Gasteiger partial charge in [0.2, 0.25) is 0 Å². The molecule has 1 nitrogen and oxygen atoms in total. The second kappa shape index (κ2) is 5.88. The van der Waals surface area contributed by atoms with E-state index in [0.717, 1.165) is 5.56 Å². The minimum atomic E-state index is 0.256. The number of carbonyl (C=O) groups excluding carboxylic acids is 1. The van der Waals surface area contributed by atoms with Crippen LogP contribution in [0, 0.1) is 5.92 Å². The van der Waals surface area contributed by atoms with Crippen LogP contribution in [0.2, 0.25) is 10.0 Å². The molecule has 0 amide bonds. The van der Waals surface area contributed by atoms with Gasteiger partial charge in [-0.3, -0.25) is 4.79 Å². The predicted molar refractivity (Wildman–Crippen MR) is 71.7 cm³/mol. The number of hydrogen-bond acceptors (Lipinski definition) is 1. The molecular formula is C14H16Cl2O. The van der Waals surface area contributed by atoms with Crippen LogP contribution in [-0.4, -0.2) is 5.78 Å². The Morgan fingerprint density at radius 1 is 1.18 bits per heavy atom. The molecule has 2 rings (SSSR count). The van der Waals surface area contributed by atoms with Gasteiger partial charge in [0.05, 0.1) is 0 Å². The van der Waals surface area contributed by atoms with Gasteiger partial charge in [-0.05, 0) is 23.6 Å². The van der Waals surface area contributed by atoms with Crippen LogP contribution in [0.5, 0.6) is 0 Å². The quantitative estimate of drug-likeness (QED) is 0.776. The largest absolute Gasteiger partial charge is 0.299 e. The van der Waals surface area contributed by atoms with Crippen molar-refractivity contribution < 1.29 is 4.79 Å². The zero-order valence-corrected chi connectivity index (χ0v) is 11.2. The number of hydrogen-bond donors (Lipinski definition) is 0. The summed E-state index contributed by atoms with van der Waals surface area (Å²) in [7, 11) is 0. The van der Waals surface area contributed by atoms with Crippen molar-refractivity contribution in [3.63, 3.8) is 0 Å². The van der Waals surface area contributed by atoms with Crippen molar-refractivity contribution in [2.45, 2.75) is 38.5 Å². The average molecular weight is 271 g/mol. The van der Waals surface area contributed by atoms with Gasteiger partial charge in [0.15, 0.2) is 0 Å². The Kier molecular flexibility index (Phi) is 4.47. The fraction of sp³-hybridized carbons (Fsp3) is 0.500. The third-order valence-electron chi connectivity index (χ3n) is 3.43. The molecular weight excluding hydrogens is 255 g/mol. The molecule has 1 aliphatic rings. The topological polar surface area (TPSA) is 17.1 Å². The van der Waals surface area contributed by atoms with Crippen molar-refractivity contribution in [2.24, 2.45) is 5.92 Å². The third kappa shape index (κ3) is 3.46. The molecule has 0 atom stereocenters. The number of ketones is 1. The minimum absolute atomic E-state index is 0.256. The maximum atomic E-state index is 12.0. The van der Waals surface area contributed by atoms with E-state index >= 15 is 0 Å². The van der Waals surface area contributed by atoms with Crippen LogP contribution >= 0.6 is 23.2 Å². The first kappa shape index (κ1) is 12.9. The van der Waals surface area contributed by atoms with Crippen LogP contribution in [-0.2, 0) is 11.2 Å². The maximum absolute atomic E-state index is 12.0. The third-order valence-corrected chi connectivity index (χ3v) is 4.13. The van der Waals surface area contributed by atoms with Gasteiger partial charge in [-0.15, -0.1) is 0 Å². The molecule has 1 aromatic carbocycles.